The monoisotopic (exact) mass is 408 g/mol. The second kappa shape index (κ2) is 9.43. The number of hydrogen-bond donors (Lipinski definition) is 2. The fraction of sp³-hybridized carbons (Fsp3) is 0.263. The van der Waals surface area contributed by atoms with Crippen LogP contribution in [0.5, 0.6) is 0 Å². The molecule has 0 bridgehead atoms. The van der Waals surface area contributed by atoms with Crippen LogP contribution in [0.3, 0.4) is 0 Å². The van der Waals surface area contributed by atoms with Crippen LogP contribution >= 0.6 is 0 Å². The molecule has 150 valence electrons. The molecule has 0 aliphatic carbocycles. The van der Waals surface area contributed by atoms with Crippen LogP contribution in [0.1, 0.15) is 13.8 Å². The van der Waals surface area contributed by atoms with Crippen molar-refractivity contribution >= 4 is 27.6 Å². The number of esters is 1. The summed E-state index contributed by atoms with van der Waals surface area (Å²) in [6.07, 6.45) is 0. The topological polar surface area (TPSA) is 102 Å². The first-order valence-electron chi connectivity index (χ1n) is 8.48. The molecular weight excluding hydrogens is 387 g/mol. The molecule has 2 aromatic carbocycles. The Morgan fingerprint density at radius 2 is 1.64 bits per heavy atom. The number of anilines is 1. The Bertz CT molecular complexity index is 915. The summed E-state index contributed by atoms with van der Waals surface area (Å²) in [6, 6.07) is 11.5. The first-order chi connectivity index (χ1) is 13.2. The van der Waals surface area contributed by atoms with Gasteiger partial charge in [0.2, 0.25) is 10.0 Å². The molecular formula is C19H21FN2O5S. The fourth-order valence-corrected chi connectivity index (χ4v) is 3.60. The van der Waals surface area contributed by atoms with Crippen LogP contribution in [0, 0.1) is 11.7 Å². The van der Waals surface area contributed by atoms with Gasteiger partial charge in [-0.1, -0.05) is 32.0 Å². The van der Waals surface area contributed by atoms with Crippen molar-refractivity contribution in [3.8, 4) is 0 Å². The van der Waals surface area contributed by atoms with E-state index in [1.54, 1.807) is 32.0 Å². The Morgan fingerprint density at radius 3 is 2.21 bits per heavy atom. The van der Waals surface area contributed by atoms with E-state index in [0.717, 1.165) is 0 Å². The zero-order chi connectivity index (χ0) is 20.7. The van der Waals surface area contributed by atoms with Crippen LogP contribution in [0.4, 0.5) is 10.1 Å². The molecule has 0 heterocycles. The summed E-state index contributed by atoms with van der Waals surface area (Å²) >= 11 is 0. The van der Waals surface area contributed by atoms with Gasteiger partial charge in [0.05, 0.1) is 4.90 Å². The van der Waals surface area contributed by atoms with Crippen LogP contribution in [0.15, 0.2) is 59.5 Å². The molecule has 9 heteroatoms. The third kappa shape index (κ3) is 6.14. The van der Waals surface area contributed by atoms with Gasteiger partial charge in [-0.15, -0.1) is 0 Å². The number of carbonyl (C=O) groups is 2. The maximum atomic E-state index is 12.9. The summed E-state index contributed by atoms with van der Waals surface area (Å²) in [7, 11) is -3.93. The molecule has 7 nitrogen and oxygen atoms in total. The van der Waals surface area contributed by atoms with Gasteiger partial charge in [0.1, 0.15) is 11.9 Å². The predicted octanol–water partition coefficient (Wildman–Crippen LogP) is 2.31. The quantitative estimate of drug-likeness (QED) is 0.653. The van der Waals surface area contributed by atoms with Crippen molar-refractivity contribution in [2.75, 3.05) is 11.9 Å². The number of halogens is 1. The second-order valence-electron chi connectivity index (χ2n) is 6.32. The Morgan fingerprint density at radius 1 is 1.04 bits per heavy atom. The van der Waals surface area contributed by atoms with Gasteiger partial charge in [-0.25, -0.2) is 12.8 Å². The van der Waals surface area contributed by atoms with Crippen molar-refractivity contribution in [2.24, 2.45) is 5.92 Å². The van der Waals surface area contributed by atoms with Gasteiger partial charge >= 0.3 is 5.97 Å². The van der Waals surface area contributed by atoms with E-state index in [0.29, 0.717) is 5.69 Å². The van der Waals surface area contributed by atoms with Gasteiger partial charge in [0.25, 0.3) is 5.91 Å². The molecule has 28 heavy (non-hydrogen) atoms. The van der Waals surface area contributed by atoms with Crippen molar-refractivity contribution in [3.63, 3.8) is 0 Å². The zero-order valence-electron chi connectivity index (χ0n) is 15.4. The second-order valence-corrected chi connectivity index (χ2v) is 8.03. The van der Waals surface area contributed by atoms with E-state index in [1.165, 1.54) is 36.4 Å². The molecule has 0 saturated carbocycles. The predicted molar refractivity (Wildman–Crippen MR) is 101 cm³/mol. The standard InChI is InChI=1S/C19H21FN2O5S/c1-13(2)18(22-28(25,26)16-6-4-3-5-7-16)19(24)27-12-17(23)21-15-10-8-14(20)9-11-15/h3-11,13,18,22H,12H2,1-2H3,(H,21,23)/t18-/m1/s1. The van der Waals surface area contributed by atoms with Gasteiger partial charge in [-0.2, -0.15) is 4.72 Å². The summed E-state index contributed by atoms with van der Waals surface area (Å²) in [5.74, 6) is -2.36. The van der Waals surface area contributed by atoms with Crippen molar-refractivity contribution in [1.29, 1.82) is 0 Å². The van der Waals surface area contributed by atoms with E-state index in [-0.39, 0.29) is 4.90 Å². The minimum atomic E-state index is -3.93. The number of nitrogens with one attached hydrogen (secondary N) is 2. The molecule has 2 aromatic rings. The molecule has 1 amide bonds. The normalized spacial score (nSPS) is 12.4. The maximum Gasteiger partial charge on any atom is 0.324 e. The third-order valence-corrected chi connectivity index (χ3v) is 5.19. The van der Waals surface area contributed by atoms with Gasteiger partial charge < -0.3 is 10.1 Å². The highest BCUT2D eigenvalue weighted by molar-refractivity contribution is 7.89. The average molecular weight is 408 g/mol. The first-order valence-corrected chi connectivity index (χ1v) is 9.97. The molecule has 0 unspecified atom stereocenters. The van der Waals surface area contributed by atoms with Crippen LogP contribution in [0.2, 0.25) is 0 Å². The summed E-state index contributed by atoms with van der Waals surface area (Å²) in [5.41, 5.74) is 0.340. The Labute approximate surface area is 163 Å². The summed E-state index contributed by atoms with van der Waals surface area (Å²) < 4.78 is 45.0. The van der Waals surface area contributed by atoms with Crippen LogP contribution in [-0.4, -0.2) is 32.9 Å². The summed E-state index contributed by atoms with van der Waals surface area (Å²) in [5, 5.41) is 2.45. The van der Waals surface area contributed by atoms with E-state index in [2.05, 4.69) is 10.0 Å². The number of amides is 1. The first kappa shape index (κ1) is 21.5. The van der Waals surface area contributed by atoms with Gasteiger partial charge in [0, 0.05) is 5.69 Å². The lowest BCUT2D eigenvalue weighted by Gasteiger charge is -2.20. The van der Waals surface area contributed by atoms with E-state index in [9.17, 15) is 22.4 Å². The number of rotatable bonds is 8. The highest BCUT2D eigenvalue weighted by atomic mass is 32.2. The van der Waals surface area contributed by atoms with E-state index < -0.39 is 46.3 Å². The number of carbonyl (C=O) groups excluding carboxylic acids is 2. The number of sulfonamides is 1. The fourth-order valence-electron chi connectivity index (χ4n) is 2.25. The molecule has 0 aliphatic heterocycles. The molecule has 0 saturated heterocycles. The Balaban J connectivity index is 1.97. The average Bonchev–Trinajstić information content (AvgIpc) is 2.66. The molecule has 2 N–H and O–H groups in total. The smallest absolute Gasteiger partial charge is 0.324 e. The van der Waals surface area contributed by atoms with Gasteiger partial charge in [-0.05, 0) is 42.3 Å². The van der Waals surface area contributed by atoms with Crippen LogP contribution < -0.4 is 10.0 Å². The van der Waals surface area contributed by atoms with Gasteiger partial charge in [0.15, 0.2) is 6.61 Å². The zero-order valence-corrected chi connectivity index (χ0v) is 16.2. The molecule has 0 aromatic heterocycles. The highest BCUT2D eigenvalue weighted by Gasteiger charge is 2.30. The van der Waals surface area contributed by atoms with Crippen molar-refractivity contribution < 1.29 is 27.1 Å². The Kier molecular flexibility index (Phi) is 7.24. The Hall–Kier alpha value is -2.78. The highest BCUT2D eigenvalue weighted by Crippen LogP contribution is 2.13. The van der Waals surface area contributed by atoms with Gasteiger partial charge in [-0.3, -0.25) is 9.59 Å². The third-order valence-electron chi connectivity index (χ3n) is 3.73. The lowest BCUT2D eigenvalue weighted by Crippen LogP contribution is -2.45. The minimum Gasteiger partial charge on any atom is -0.454 e. The summed E-state index contributed by atoms with van der Waals surface area (Å²) in [4.78, 5) is 24.2. The summed E-state index contributed by atoms with van der Waals surface area (Å²) in [6.45, 7) is 2.70. The lowest BCUT2D eigenvalue weighted by molar-refractivity contribution is -0.150. The lowest BCUT2D eigenvalue weighted by atomic mass is 10.1. The largest absolute Gasteiger partial charge is 0.454 e. The minimum absolute atomic E-state index is 0.0162. The van der Waals surface area contributed by atoms with Crippen LogP contribution in [-0.2, 0) is 24.3 Å². The van der Waals surface area contributed by atoms with Crippen molar-refractivity contribution in [3.05, 3.63) is 60.4 Å². The molecule has 0 radical (unpaired) electrons. The van der Waals surface area contributed by atoms with E-state index in [1.807, 2.05) is 0 Å². The molecule has 2 rings (SSSR count). The van der Waals surface area contributed by atoms with E-state index >= 15 is 0 Å². The maximum absolute atomic E-state index is 12.9. The molecule has 0 spiro atoms. The van der Waals surface area contributed by atoms with Crippen molar-refractivity contribution in [1.82, 2.24) is 4.72 Å². The number of benzene rings is 2. The van der Waals surface area contributed by atoms with Crippen molar-refractivity contribution in [2.45, 2.75) is 24.8 Å². The van der Waals surface area contributed by atoms with E-state index in [4.69, 9.17) is 4.74 Å². The number of hydrogen-bond acceptors (Lipinski definition) is 5. The molecule has 1 atom stereocenters. The molecule has 0 fully saturated rings. The molecule has 0 aliphatic rings. The van der Waals surface area contributed by atoms with Crippen LogP contribution in [0.25, 0.3) is 0 Å². The SMILES string of the molecule is CC(C)[C@@H](NS(=O)(=O)c1ccccc1)C(=O)OCC(=O)Nc1ccc(F)cc1. The number of ether oxygens (including phenoxy) is 1.